The zero-order valence-corrected chi connectivity index (χ0v) is 11.8. The Morgan fingerprint density at radius 2 is 2.12 bits per heavy atom. The molecule has 0 saturated heterocycles. The van der Waals surface area contributed by atoms with Crippen LogP contribution in [0.25, 0.3) is 10.9 Å². The molecule has 0 aliphatic rings. The molecule has 0 amide bonds. The van der Waals surface area contributed by atoms with E-state index in [4.69, 9.17) is 21.1 Å². The lowest BCUT2D eigenvalue weighted by Gasteiger charge is -2.10. The van der Waals surface area contributed by atoms with Crippen LogP contribution in [-0.2, 0) is 11.3 Å². The summed E-state index contributed by atoms with van der Waals surface area (Å²) in [6, 6.07) is 5.55. The normalized spacial score (nSPS) is 10.8. The van der Waals surface area contributed by atoms with E-state index >= 15 is 0 Å². The second kappa shape index (κ2) is 5.21. The molecule has 0 spiro atoms. The Labute approximate surface area is 113 Å². The number of pyridine rings is 1. The Hall–Kier alpha value is -0.840. The molecule has 5 heteroatoms. The van der Waals surface area contributed by atoms with Gasteiger partial charge in [0.25, 0.3) is 0 Å². The summed E-state index contributed by atoms with van der Waals surface area (Å²) in [5.74, 6) is 0.697. The van der Waals surface area contributed by atoms with E-state index in [0.29, 0.717) is 17.4 Å². The molecule has 0 bridgehead atoms. The third-order valence-corrected chi connectivity index (χ3v) is 3.35. The van der Waals surface area contributed by atoms with Crippen molar-refractivity contribution >= 4 is 38.4 Å². The molecule has 0 saturated carbocycles. The number of halogens is 2. The van der Waals surface area contributed by atoms with Crippen LogP contribution >= 0.6 is 27.5 Å². The predicted molar refractivity (Wildman–Crippen MR) is 71.7 cm³/mol. The van der Waals surface area contributed by atoms with Gasteiger partial charge in [-0.25, -0.2) is 4.98 Å². The van der Waals surface area contributed by atoms with Crippen LogP contribution in [0.4, 0.5) is 0 Å². The second-order valence-electron chi connectivity index (χ2n) is 3.50. The van der Waals surface area contributed by atoms with Crippen molar-refractivity contribution < 1.29 is 9.47 Å². The molecule has 90 valence electrons. The highest BCUT2D eigenvalue weighted by atomic mass is 79.9. The van der Waals surface area contributed by atoms with Crippen LogP contribution < -0.4 is 4.74 Å². The first-order valence-corrected chi connectivity index (χ1v) is 6.15. The van der Waals surface area contributed by atoms with Crippen molar-refractivity contribution in [3.8, 4) is 5.75 Å². The van der Waals surface area contributed by atoms with Gasteiger partial charge in [0, 0.05) is 17.0 Å². The van der Waals surface area contributed by atoms with Crippen molar-refractivity contribution in [3.05, 3.63) is 33.4 Å². The van der Waals surface area contributed by atoms with Gasteiger partial charge in [-0.05, 0) is 18.2 Å². The van der Waals surface area contributed by atoms with Crippen molar-refractivity contribution in [1.29, 1.82) is 0 Å². The van der Waals surface area contributed by atoms with Gasteiger partial charge in [-0.1, -0.05) is 27.5 Å². The number of rotatable bonds is 3. The Bertz CT molecular complexity index is 560. The van der Waals surface area contributed by atoms with E-state index in [1.54, 1.807) is 20.3 Å². The maximum absolute atomic E-state index is 6.25. The van der Waals surface area contributed by atoms with Crippen molar-refractivity contribution in [3.63, 3.8) is 0 Å². The number of ether oxygens (including phenoxy) is 2. The van der Waals surface area contributed by atoms with Crippen LogP contribution in [0.5, 0.6) is 5.75 Å². The summed E-state index contributed by atoms with van der Waals surface area (Å²) in [5.41, 5.74) is 1.52. The fraction of sp³-hybridized carbons (Fsp3) is 0.250. The fourth-order valence-electron chi connectivity index (χ4n) is 1.67. The summed E-state index contributed by atoms with van der Waals surface area (Å²) in [6.07, 6.45) is 0. The lowest BCUT2D eigenvalue weighted by molar-refractivity contribution is 0.182. The minimum Gasteiger partial charge on any atom is -0.494 e. The zero-order chi connectivity index (χ0) is 12.4. The lowest BCUT2D eigenvalue weighted by atomic mass is 10.2. The number of nitrogens with zero attached hydrogens (tertiary/aromatic N) is 1. The van der Waals surface area contributed by atoms with Crippen molar-refractivity contribution in [2.75, 3.05) is 14.2 Å². The molecular formula is C12H11BrClNO2. The topological polar surface area (TPSA) is 31.4 Å². The van der Waals surface area contributed by atoms with Gasteiger partial charge in [0.05, 0.1) is 24.4 Å². The van der Waals surface area contributed by atoms with Gasteiger partial charge in [-0.2, -0.15) is 0 Å². The largest absolute Gasteiger partial charge is 0.494 e. The van der Waals surface area contributed by atoms with Crippen molar-refractivity contribution in [1.82, 2.24) is 4.98 Å². The van der Waals surface area contributed by atoms with E-state index in [1.807, 2.05) is 12.1 Å². The summed E-state index contributed by atoms with van der Waals surface area (Å²) < 4.78 is 11.2. The third-order valence-electron chi connectivity index (χ3n) is 2.39. The molecule has 0 N–H and O–H groups in total. The zero-order valence-electron chi connectivity index (χ0n) is 9.46. The number of benzene rings is 1. The Morgan fingerprint density at radius 1 is 1.35 bits per heavy atom. The number of hydrogen-bond donors (Lipinski definition) is 0. The molecule has 1 aromatic heterocycles. The van der Waals surface area contributed by atoms with E-state index in [2.05, 4.69) is 20.9 Å². The summed E-state index contributed by atoms with van der Waals surface area (Å²) in [5, 5.41) is 1.48. The molecular weight excluding hydrogens is 305 g/mol. The minimum atomic E-state index is 0.422. The highest BCUT2D eigenvalue weighted by Gasteiger charge is 2.11. The van der Waals surface area contributed by atoms with Crippen LogP contribution in [-0.4, -0.2) is 19.2 Å². The quantitative estimate of drug-likeness (QED) is 0.863. The average molecular weight is 317 g/mol. The second-order valence-corrected chi connectivity index (χ2v) is 4.76. The number of methoxy groups -OCH3 is 2. The maximum atomic E-state index is 6.25. The first-order chi connectivity index (χ1) is 8.17. The Balaban J connectivity index is 2.75. The van der Waals surface area contributed by atoms with Gasteiger partial charge in [0.2, 0.25) is 0 Å². The molecule has 1 heterocycles. The molecule has 0 atom stereocenters. The van der Waals surface area contributed by atoms with Crippen molar-refractivity contribution in [2.24, 2.45) is 0 Å². The molecule has 2 rings (SSSR count). The SMILES string of the molecule is COCc1cc(Cl)c2c(Br)ccc(OC)c2n1. The monoisotopic (exact) mass is 315 g/mol. The third kappa shape index (κ3) is 2.39. The van der Waals surface area contributed by atoms with Gasteiger partial charge in [-0.3, -0.25) is 0 Å². The Kier molecular flexibility index (Phi) is 3.86. The van der Waals surface area contributed by atoms with Crippen LogP contribution in [0.2, 0.25) is 5.02 Å². The van der Waals surface area contributed by atoms with Gasteiger partial charge in [0.1, 0.15) is 11.3 Å². The number of fused-ring (bicyclic) bond motifs is 1. The van der Waals surface area contributed by atoms with Crippen LogP contribution in [0, 0.1) is 0 Å². The van der Waals surface area contributed by atoms with Gasteiger partial charge in [-0.15, -0.1) is 0 Å². The minimum absolute atomic E-state index is 0.422. The predicted octanol–water partition coefficient (Wildman–Crippen LogP) is 3.81. The van der Waals surface area contributed by atoms with Gasteiger partial charge in [0.15, 0.2) is 0 Å². The molecule has 0 aliphatic carbocycles. The van der Waals surface area contributed by atoms with E-state index in [1.165, 1.54) is 0 Å². The average Bonchev–Trinajstić information content (AvgIpc) is 2.29. The first-order valence-electron chi connectivity index (χ1n) is 4.98. The van der Waals surface area contributed by atoms with E-state index in [9.17, 15) is 0 Å². The lowest BCUT2D eigenvalue weighted by Crippen LogP contribution is -1.96. The molecule has 0 aliphatic heterocycles. The highest BCUT2D eigenvalue weighted by molar-refractivity contribution is 9.10. The van der Waals surface area contributed by atoms with Crippen LogP contribution in [0.1, 0.15) is 5.69 Å². The molecule has 17 heavy (non-hydrogen) atoms. The summed E-state index contributed by atoms with van der Waals surface area (Å²) >= 11 is 9.71. The smallest absolute Gasteiger partial charge is 0.145 e. The van der Waals surface area contributed by atoms with Gasteiger partial charge < -0.3 is 9.47 Å². The molecule has 3 nitrogen and oxygen atoms in total. The Morgan fingerprint density at radius 3 is 2.76 bits per heavy atom. The standard InChI is InChI=1S/C12H11BrClNO2/c1-16-6-7-5-9(14)11-8(13)3-4-10(17-2)12(11)15-7/h3-5H,6H2,1-2H3. The van der Waals surface area contributed by atoms with E-state index in [-0.39, 0.29) is 0 Å². The van der Waals surface area contributed by atoms with E-state index in [0.717, 1.165) is 21.1 Å². The molecule has 2 aromatic rings. The number of hydrogen-bond acceptors (Lipinski definition) is 3. The highest BCUT2D eigenvalue weighted by Crippen LogP contribution is 2.35. The number of aromatic nitrogens is 1. The summed E-state index contributed by atoms with van der Waals surface area (Å²) in [7, 11) is 3.24. The summed E-state index contributed by atoms with van der Waals surface area (Å²) in [6.45, 7) is 0.422. The van der Waals surface area contributed by atoms with Crippen molar-refractivity contribution in [2.45, 2.75) is 6.61 Å². The van der Waals surface area contributed by atoms with Crippen LogP contribution in [0.15, 0.2) is 22.7 Å². The van der Waals surface area contributed by atoms with Crippen LogP contribution in [0.3, 0.4) is 0 Å². The van der Waals surface area contributed by atoms with E-state index < -0.39 is 0 Å². The molecule has 0 unspecified atom stereocenters. The first kappa shape index (κ1) is 12.6. The molecule has 0 radical (unpaired) electrons. The fourth-order valence-corrected chi connectivity index (χ4v) is 2.63. The molecule has 1 aromatic carbocycles. The maximum Gasteiger partial charge on any atom is 0.145 e. The summed E-state index contributed by atoms with van der Waals surface area (Å²) in [4.78, 5) is 4.49. The molecule has 0 fully saturated rings. The van der Waals surface area contributed by atoms with Gasteiger partial charge >= 0.3 is 0 Å².